The maximum Gasteiger partial charge on any atom is 0.352 e. The van der Waals surface area contributed by atoms with E-state index in [9.17, 15) is 9.90 Å². The lowest BCUT2D eigenvalue weighted by Gasteiger charge is -2.09. The highest BCUT2D eigenvalue weighted by molar-refractivity contribution is 5.96. The van der Waals surface area contributed by atoms with Gasteiger partial charge < -0.3 is 9.67 Å². The van der Waals surface area contributed by atoms with Crippen molar-refractivity contribution >= 4 is 16.9 Å². The van der Waals surface area contributed by atoms with Crippen LogP contribution in [0.25, 0.3) is 22.0 Å². The Kier molecular flexibility index (Phi) is 3.82. The van der Waals surface area contributed by atoms with Crippen molar-refractivity contribution in [3.05, 3.63) is 96.2 Å². The van der Waals surface area contributed by atoms with Gasteiger partial charge in [-0.15, -0.1) is 0 Å². The molecular weight excluding hydrogens is 310 g/mol. The van der Waals surface area contributed by atoms with Crippen LogP contribution in [-0.2, 0) is 6.54 Å². The molecule has 0 saturated heterocycles. The average molecular weight is 327 g/mol. The van der Waals surface area contributed by atoms with Crippen molar-refractivity contribution in [1.29, 1.82) is 0 Å². The molecule has 1 aromatic heterocycles. The minimum atomic E-state index is -0.909. The number of aromatic nitrogens is 1. The van der Waals surface area contributed by atoms with E-state index in [2.05, 4.69) is 18.2 Å². The van der Waals surface area contributed by atoms with Crippen LogP contribution in [0.1, 0.15) is 16.1 Å². The molecule has 0 bridgehead atoms. The first kappa shape index (κ1) is 15.2. The molecule has 0 saturated carbocycles. The summed E-state index contributed by atoms with van der Waals surface area (Å²) in [4.78, 5) is 11.7. The van der Waals surface area contributed by atoms with Crippen LogP contribution in [-0.4, -0.2) is 15.6 Å². The van der Waals surface area contributed by atoms with E-state index in [1.54, 1.807) is 6.07 Å². The van der Waals surface area contributed by atoms with E-state index in [4.69, 9.17) is 0 Å². The Hall–Kier alpha value is -3.33. The minimum Gasteiger partial charge on any atom is -0.477 e. The summed E-state index contributed by atoms with van der Waals surface area (Å²) in [5.74, 6) is -0.909. The molecule has 0 aliphatic heterocycles. The van der Waals surface area contributed by atoms with Crippen LogP contribution in [0, 0.1) is 0 Å². The molecule has 1 N–H and O–H groups in total. The number of hydrogen-bond acceptors (Lipinski definition) is 1. The molecule has 0 amide bonds. The normalized spacial score (nSPS) is 10.9. The fourth-order valence-corrected chi connectivity index (χ4v) is 3.19. The second-order valence-electron chi connectivity index (χ2n) is 6.05. The largest absolute Gasteiger partial charge is 0.477 e. The van der Waals surface area contributed by atoms with Gasteiger partial charge in [0.1, 0.15) is 5.69 Å². The van der Waals surface area contributed by atoms with E-state index in [0.717, 1.165) is 27.6 Å². The smallest absolute Gasteiger partial charge is 0.352 e. The van der Waals surface area contributed by atoms with E-state index in [1.165, 1.54) is 0 Å². The lowest BCUT2D eigenvalue weighted by molar-refractivity contribution is 0.0686. The highest BCUT2D eigenvalue weighted by atomic mass is 16.4. The number of rotatable bonds is 4. The molecule has 122 valence electrons. The molecule has 0 unspecified atom stereocenters. The van der Waals surface area contributed by atoms with Gasteiger partial charge in [-0.3, -0.25) is 0 Å². The average Bonchev–Trinajstić information content (AvgIpc) is 3.01. The monoisotopic (exact) mass is 327 g/mol. The molecule has 0 spiro atoms. The standard InChI is InChI=1S/C22H17NO2/c24-22(25)21-14-19-13-18(17-9-5-2-6-10-17)11-12-20(19)23(21)15-16-7-3-1-4-8-16/h1-14H,15H2,(H,24,25). The molecule has 0 radical (unpaired) electrons. The molecule has 0 aliphatic carbocycles. The van der Waals surface area contributed by atoms with E-state index in [0.29, 0.717) is 12.2 Å². The highest BCUT2D eigenvalue weighted by Crippen LogP contribution is 2.27. The van der Waals surface area contributed by atoms with Crippen LogP contribution >= 0.6 is 0 Å². The molecule has 0 fully saturated rings. The van der Waals surface area contributed by atoms with Crippen molar-refractivity contribution in [3.8, 4) is 11.1 Å². The van der Waals surface area contributed by atoms with Gasteiger partial charge in [-0.05, 0) is 34.9 Å². The summed E-state index contributed by atoms with van der Waals surface area (Å²) < 4.78 is 1.86. The van der Waals surface area contributed by atoms with E-state index >= 15 is 0 Å². The fourth-order valence-electron chi connectivity index (χ4n) is 3.19. The van der Waals surface area contributed by atoms with Gasteiger partial charge in [-0.2, -0.15) is 0 Å². The molecule has 0 aliphatic rings. The third-order valence-corrected chi connectivity index (χ3v) is 4.41. The number of benzene rings is 3. The second kappa shape index (κ2) is 6.29. The first-order valence-corrected chi connectivity index (χ1v) is 8.18. The third-order valence-electron chi connectivity index (χ3n) is 4.41. The summed E-state index contributed by atoms with van der Waals surface area (Å²) >= 11 is 0. The van der Waals surface area contributed by atoms with Gasteiger partial charge in [0.25, 0.3) is 0 Å². The Morgan fingerprint density at radius 2 is 1.48 bits per heavy atom. The zero-order valence-electron chi connectivity index (χ0n) is 13.6. The SMILES string of the molecule is O=C(O)c1cc2cc(-c3ccccc3)ccc2n1Cc1ccccc1. The van der Waals surface area contributed by atoms with Crippen molar-refractivity contribution in [2.24, 2.45) is 0 Å². The van der Waals surface area contributed by atoms with Gasteiger partial charge in [0.15, 0.2) is 0 Å². The minimum absolute atomic E-state index is 0.309. The summed E-state index contributed by atoms with van der Waals surface area (Å²) in [6, 6.07) is 27.9. The lowest BCUT2D eigenvalue weighted by Crippen LogP contribution is -2.09. The van der Waals surface area contributed by atoms with Gasteiger partial charge >= 0.3 is 5.97 Å². The van der Waals surface area contributed by atoms with Crippen molar-refractivity contribution in [2.75, 3.05) is 0 Å². The molecule has 1 heterocycles. The molecular formula is C22H17NO2. The number of carbonyl (C=O) groups is 1. The number of aromatic carboxylic acids is 1. The summed E-state index contributed by atoms with van der Waals surface area (Å²) in [6.45, 7) is 0.538. The molecule has 0 atom stereocenters. The van der Waals surface area contributed by atoms with Gasteiger partial charge in [0.2, 0.25) is 0 Å². The number of hydrogen-bond donors (Lipinski definition) is 1. The summed E-state index contributed by atoms with van der Waals surface area (Å²) in [5, 5.41) is 10.5. The Morgan fingerprint density at radius 3 is 2.16 bits per heavy atom. The molecule has 3 aromatic carbocycles. The van der Waals surface area contributed by atoms with Crippen LogP contribution in [0.4, 0.5) is 0 Å². The van der Waals surface area contributed by atoms with Crippen LogP contribution < -0.4 is 0 Å². The zero-order chi connectivity index (χ0) is 17.2. The van der Waals surface area contributed by atoms with Gasteiger partial charge in [-0.1, -0.05) is 66.7 Å². The summed E-state index contributed by atoms with van der Waals surface area (Å²) in [6.07, 6.45) is 0. The summed E-state index contributed by atoms with van der Waals surface area (Å²) in [7, 11) is 0. The van der Waals surface area contributed by atoms with Gasteiger partial charge in [0, 0.05) is 17.4 Å². The van der Waals surface area contributed by atoms with E-state index < -0.39 is 5.97 Å². The maximum atomic E-state index is 11.7. The van der Waals surface area contributed by atoms with Crippen molar-refractivity contribution in [3.63, 3.8) is 0 Å². The molecule has 3 nitrogen and oxygen atoms in total. The Bertz CT molecular complexity index is 1030. The fraction of sp³-hybridized carbons (Fsp3) is 0.0455. The molecule has 4 aromatic rings. The second-order valence-corrected chi connectivity index (χ2v) is 6.05. The van der Waals surface area contributed by atoms with Crippen molar-refractivity contribution in [2.45, 2.75) is 6.54 Å². The predicted octanol–water partition coefficient (Wildman–Crippen LogP) is 5.05. The number of carboxylic acid groups (broad SMARTS) is 1. The first-order valence-electron chi connectivity index (χ1n) is 8.18. The maximum absolute atomic E-state index is 11.7. The number of fused-ring (bicyclic) bond motifs is 1. The number of carboxylic acids is 1. The van der Waals surface area contributed by atoms with Crippen LogP contribution in [0.3, 0.4) is 0 Å². The number of nitrogens with zero attached hydrogens (tertiary/aromatic N) is 1. The predicted molar refractivity (Wildman–Crippen MR) is 99.9 cm³/mol. The van der Waals surface area contributed by atoms with E-state index in [1.807, 2.05) is 65.2 Å². The van der Waals surface area contributed by atoms with E-state index in [-0.39, 0.29) is 0 Å². The topological polar surface area (TPSA) is 42.2 Å². The Balaban J connectivity index is 1.84. The van der Waals surface area contributed by atoms with Crippen molar-refractivity contribution < 1.29 is 9.90 Å². The van der Waals surface area contributed by atoms with Crippen LogP contribution in [0.5, 0.6) is 0 Å². The zero-order valence-corrected chi connectivity index (χ0v) is 13.6. The summed E-state index contributed by atoms with van der Waals surface area (Å²) in [5.41, 5.74) is 4.53. The van der Waals surface area contributed by atoms with Crippen molar-refractivity contribution in [1.82, 2.24) is 4.57 Å². The Morgan fingerprint density at radius 1 is 0.800 bits per heavy atom. The lowest BCUT2D eigenvalue weighted by atomic mass is 10.0. The quantitative estimate of drug-likeness (QED) is 0.569. The third kappa shape index (κ3) is 2.92. The van der Waals surface area contributed by atoms with Gasteiger partial charge in [-0.25, -0.2) is 4.79 Å². The van der Waals surface area contributed by atoms with Crippen LogP contribution in [0.2, 0.25) is 0 Å². The van der Waals surface area contributed by atoms with Gasteiger partial charge in [0.05, 0.1) is 0 Å². The Labute approximate surface area is 145 Å². The molecule has 4 rings (SSSR count). The van der Waals surface area contributed by atoms with Crippen LogP contribution in [0.15, 0.2) is 84.9 Å². The highest BCUT2D eigenvalue weighted by Gasteiger charge is 2.15. The first-order chi connectivity index (χ1) is 12.2. The molecule has 3 heteroatoms. The molecule has 25 heavy (non-hydrogen) atoms.